The summed E-state index contributed by atoms with van der Waals surface area (Å²) in [4.78, 5) is 23.6. The van der Waals surface area contributed by atoms with E-state index in [0.717, 1.165) is 13.8 Å². The summed E-state index contributed by atoms with van der Waals surface area (Å²) in [6.07, 6.45) is 1.56. The Labute approximate surface area is 134 Å². The molecule has 106 valence electrons. The number of halogens is 2. The molecular formula is C13H13ClIN3O2. The second kappa shape index (κ2) is 6.01. The minimum Gasteiger partial charge on any atom is -0.380 e. The van der Waals surface area contributed by atoms with E-state index in [-0.39, 0.29) is 11.2 Å². The van der Waals surface area contributed by atoms with Crippen molar-refractivity contribution in [3.8, 4) is 0 Å². The van der Waals surface area contributed by atoms with Crippen molar-refractivity contribution in [1.82, 2.24) is 9.13 Å². The normalized spacial score (nSPS) is 10.6. The second-order valence-electron chi connectivity index (χ2n) is 4.39. The van der Waals surface area contributed by atoms with Gasteiger partial charge in [0.1, 0.15) is 0 Å². The summed E-state index contributed by atoms with van der Waals surface area (Å²) in [6.45, 7) is 0.346. The van der Waals surface area contributed by atoms with Gasteiger partial charge in [-0.05, 0) is 40.8 Å². The molecule has 5 nitrogen and oxygen atoms in total. The zero-order chi connectivity index (χ0) is 14.9. The van der Waals surface area contributed by atoms with Gasteiger partial charge in [-0.3, -0.25) is 9.36 Å². The zero-order valence-corrected chi connectivity index (χ0v) is 13.9. The minimum absolute atomic E-state index is 0.287. The van der Waals surface area contributed by atoms with Crippen LogP contribution in [0.5, 0.6) is 0 Å². The fraction of sp³-hybridized carbons (Fsp3) is 0.231. The Balaban J connectivity index is 2.28. The molecule has 1 heterocycles. The van der Waals surface area contributed by atoms with Crippen LogP contribution in [0.1, 0.15) is 5.56 Å². The standard InChI is InChI=1S/C13H13ClIN3O2/c1-17-7-8(12(19)18(2)13(17)20)6-16-11-4-3-9(14)5-10(11)15/h3-5,7,16H,6H2,1-2H3. The Kier molecular flexibility index (Phi) is 4.54. The SMILES string of the molecule is Cn1cc(CNc2ccc(Cl)cc2I)c(=O)n(C)c1=O. The molecule has 0 aliphatic carbocycles. The molecule has 2 rings (SSSR count). The van der Waals surface area contributed by atoms with Crippen molar-refractivity contribution in [2.24, 2.45) is 14.1 Å². The first-order valence-electron chi connectivity index (χ1n) is 5.84. The van der Waals surface area contributed by atoms with E-state index in [4.69, 9.17) is 11.6 Å². The predicted octanol–water partition coefficient (Wildman–Crippen LogP) is 1.95. The highest BCUT2D eigenvalue weighted by molar-refractivity contribution is 14.1. The van der Waals surface area contributed by atoms with Gasteiger partial charge in [-0.2, -0.15) is 0 Å². The van der Waals surface area contributed by atoms with Crippen LogP contribution in [0.15, 0.2) is 34.0 Å². The van der Waals surface area contributed by atoms with Gasteiger partial charge in [0.25, 0.3) is 5.56 Å². The third kappa shape index (κ3) is 3.06. The van der Waals surface area contributed by atoms with Gasteiger partial charge in [0.2, 0.25) is 0 Å². The number of aromatic nitrogens is 2. The molecule has 1 N–H and O–H groups in total. The molecule has 0 fully saturated rings. The van der Waals surface area contributed by atoms with Gasteiger partial charge < -0.3 is 9.88 Å². The summed E-state index contributed by atoms with van der Waals surface area (Å²) in [6, 6.07) is 5.48. The Morgan fingerprint density at radius 3 is 2.65 bits per heavy atom. The van der Waals surface area contributed by atoms with Crippen molar-refractivity contribution in [2.45, 2.75) is 6.54 Å². The molecule has 7 heteroatoms. The topological polar surface area (TPSA) is 56.0 Å². The average Bonchev–Trinajstić information content (AvgIpc) is 2.40. The van der Waals surface area contributed by atoms with Crippen LogP contribution in [-0.4, -0.2) is 9.13 Å². The van der Waals surface area contributed by atoms with E-state index in [1.807, 2.05) is 12.1 Å². The summed E-state index contributed by atoms with van der Waals surface area (Å²) in [7, 11) is 3.09. The van der Waals surface area contributed by atoms with E-state index in [1.165, 1.54) is 11.6 Å². The molecule has 0 bridgehead atoms. The number of benzene rings is 1. The molecule has 0 atom stereocenters. The van der Waals surface area contributed by atoms with Crippen molar-refractivity contribution >= 4 is 39.9 Å². The van der Waals surface area contributed by atoms with Crippen molar-refractivity contribution in [3.05, 3.63) is 59.4 Å². The van der Waals surface area contributed by atoms with Gasteiger partial charge in [-0.25, -0.2) is 4.79 Å². The maximum atomic E-state index is 12.0. The first-order valence-corrected chi connectivity index (χ1v) is 7.30. The van der Waals surface area contributed by atoms with Gasteiger partial charge in [0.15, 0.2) is 0 Å². The third-order valence-electron chi connectivity index (χ3n) is 2.92. The molecule has 0 unspecified atom stereocenters. The zero-order valence-electron chi connectivity index (χ0n) is 11.0. The Morgan fingerprint density at radius 2 is 2.00 bits per heavy atom. The van der Waals surface area contributed by atoms with Crippen LogP contribution < -0.4 is 16.6 Å². The maximum absolute atomic E-state index is 12.0. The van der Waals surface area contributed by atoms with Crippen LogP contribution in [0.4, 0.5) is 5.69 Å². The molecule has 1 aromatic heterocycles. The minimum atomic E-state index is -0.333. The summed E-state index contributed by atoms with van der Waals surface area (Å²) < 4.78 is 3.46. The van der Waals surface area contributed by atoms with Gasteiger partial charge >= 0.3 is 5.69 Å². The molecule has 20 heavy (non-hydrogen) atoms. The first-order chi connectivity index (χ1) is 9.40. The molecule has 0 saturated heterocycles. The van der Waals surface area contributed by atoms with Gasteiger partial charge in [0, 0.05) is 41.1 Å². The average molecular weight is 406 g/mol. The molecule has 0 amide bonds. The fourth-order valence-electron chi connectivity index (χ4n) is 1.83. The van der Waals surface area contributed by atoms with Crippen LogP contribution in [0.3, 0.4) is 0 Å². The van der Waals surface area contributed by atoms with E-state index in [1.54, 1.807) is 19.3 Å². The summed E-state index contributed by atoms with van der Waals surface area (Å²) in [5.74, 6) is 0. The number of nitrogens with one attached hydrogen (secondary N) is 1. The largest absolute Gasteiger partial charge is 0.380 e. The highest BCUT2D eigenvalue weighted by atomic mass is 127. The predicted molar refractivity (Wildman–Crippen MR) is 88.4 cm³/mol. The van der Waals surface area contributed by atoms with Crippen molar-refractivity contribution in [2.75, 3.05) is 5.32 Å². The maximum Gasteiger partial charge on any atom is 0.330 e. The highest BCUT2D eigenvalue weighted by Crippen LogP contribution is 2.22. The lowest BCUT2D eigenvalue weighted by Crippen LogP contribution is -2.38. The van der Waals surface area contributed by atoms with Gasteiger partial charge in [-0.15, -0.1) is 0 Å². The quantitative estimate of drug-likeness (QED) is 0.794. The third-order valence-corrected chi connectivity index (χ3v) is 4.05. The lowest BCUT2D eigenvalue weighted by Gasteiger charge is -2.10. The van der Waals surface area contributed by atoms with Crippen LogP contribution in [0, 0.1) is 3.57 Å². The number of rotatable bonds is 3. The van der Waals surface area contributed by atoms with Crippen LogP contribution in [0.25, 0.3) is 0 Å². The first kappa shape index (κ1) is 15.1. The lowest BCUT2D eigenvalue weighted by atomic mass is 10.3. The Morgan fingerprint density at radius 1 is 1.30 bits per heavy atom. The van der Waals surface area contributed by atoms with E-state index in [9.17, 15) is 9.59 Å². The van der Waals surface area contributed by atoms with Crippen molar-refractivity contribution in [3.63, 3.8) is 0 Å². The molecular weight excluding hydrogens is 393 g/mol. The van der Waals surface area contributed by atoms with Crippen LogP contribution in [0.2, 0.25) is 5.02 Å². The van der Waals surface area contributed by atoms with Crippen LogP contribution >= 0.6 is 34.2 Å². The molecule has 0 radical (unpaired) electrons. The Hall–Kier alpha value is -1.28. The smallest absolute Gasteiger partial charge is 0.330 e. The lowest BCUT2D eigenvalue weighted by molar-refractivity contribution is 0.671. The Bertz CT molecular complexity index is 767. The monoisotopic (exact) mass is 405 g/mol. The van der Waals surface area contributed by atoms with E-state index in [2.05, 4.69) is 27.9 Å². The second-order valence-corrected chi connectivity index (χ2v) is 5.99. The van der Waals surface area contributed by atoms with E-state index < -0.39 is 0 Å². The van der Waals surface area contributed by atoms with Crippen molar-refractivity contribution < 1.29 is 0 Å². The van der Waals surface area contributed by atoms with E-state index in [0.29, 0.717) is 17.1 Å². The van der Waals surface area contributed by atoms with Gasteiger partial charge in [-0.1, -0.05) is 11.6 Å². The van der Waals surface area contributed by atoms with Crippen LogP contribution in [-0.2, 0) is 20.6 Å². The summed E-state index contributed by atoms with van der Waals surface area (Å²) >= 11 is 8.06. The van der Waals surface area contributed by atoms with Crippen molar-refractivity contribution in [1.29, 1.82) is 0 Å². The van der Waals surface area contributed by atoms with E-state index >= 15 is 0 Å². The number of hydrogen-bond acceptors (Lipinski definition) is 3. The summed E-state index contributed by atoms with van der Waals surface area (Å²) in [5.41, 5.74) is 0.802. The molecule has 0 aliphatic heterocycles. The molecule has 0 saturated carbocycles. The fourth-order valence-corrected chi connectivity index (χ4v) is 2.89. The highest BCUT2D eigenvalue weighted by Gasteiger charge is 2.07. The van der Waals surface area contributed by atoms with Gasteiger partial charge in [0.05, 0.1) is 5.56 Å². The number of anilines is 1. The molecule has 1 aromatic carbocycles. The number of hydrogen-bond donors (Lipinski definition) is 1. The number of nitrogens with zero attached hydrogens (tertiary/aromatic N) is 2. The molecule has 2 aromatic rings. The number of aryl methyl sites for hydroxylation is 1. The molecule has 0 aliphatic rings. The summed E-state index contributed by atoms with van der Waals surface area (Å²) in [5, 5.41) is 3.84. The molecule has 0 spiro atoms.